The Labute approximate surface area is 240 Å². The van der Waals surface area contributed by atoms with Crippen molar-refractivity contribution in [2.45, 2.75) is 0 Å². The first-order valence-corrected chi connectivity index (χ1v) is 14.0. The van der Waals surface area contributed by atoms with E-state index in [-0.39, 0.29) is 0 Å². The molecule has 0 aromatic heterocycles. The number of anilines is 1. The predicted octanol–water partition coefficient (Wildman–Crippen LogP) is 1.36. The Kier molecular flexibility index (Phi) is 26.4. The van der Waals surface area contributed by atoms with Gasteiger partial charge in [0, 0.05) is 12.2 Å². The highest BCUT2D eigenvalue weighted by atomic mass is 16.6. The average molecular weight is 577 g/mol. The lowest BCUT2D eigenvalue weighted by molar-refractivity contribution is -0.0255. The average Bonchev–Trinajstić information content (AvgIpc) is 2.95. The van der Waals surface area contributed by atoms with Crippen LogP contribution in [0.4, 0.5) is 5.69 Å². The first kappa shape index (κ1) is 36.4. The summed E-state index contributed by atoms with van der Waals surface area (Å²) in [5.41, 5.74) is 6.35. The van der Waals surface area contributed by atoms with Gasteiger partial charge in [0.1, 0.15) is 12.4 Å². The number of benzene rings is 1. The van der Waals surface area contributed by atoms with Gasteiger partial charge in [0.25, 0.3) is 0 Å². The normalized spacial score (nSPS) is 11.5. The quantitative estimate of drug-likeness (QED) is 0.101. The Morgan fingerprint density at radius 3 is 1.00 bits per heavy atom. The molecule has 0 atom stereocenters. The summed E-state index contributed by atoms with van der Waals surface area (Å²) in [6.45, 7) is 11.1. The van der Waals surface area contributed by atoms with E-state index in [1.807, 2.05) is 26.2 Å². The number of nitrogen functional groups attached to an aromatic ring is 1. The second-order valence-corrected chi connectivity index (χ2v) is 8.73. The van der Waals surface area contributed by atoms with Crippen LogP contribution in [0.15, 0.2) is 24.3 Å². The van der Waals surface area contributed by atoms with E-state index in [1.54, 1.807) is 12.1 Å². The number of ether oxygens (including phenoxy) is 10. The number of nitrogens with zero attached hydrogens (tertiary/aromatic N) is 1. The molecule has 0 unspecified atom stereocenters. The van der Waals surface area contributed by atoms with E-state index in [0.29, 0.717) is 125 Å². The van der Waals surface area contributed by atoms with Gasteiger partial charge in [-0.3, -0.25) is 0 Å². The first-order valence-electron chi connectivity index (χ1n) is 14.0. The minimum absolute atomic E-state index is 0.480. The number of hydrogen-bond acceptors (Lipinski definition) is 12. The highest BCUT2D eigenvalue weighted by Crippen LogP contribution is 2.12. The standard InChI is InChI=1S/C28H52N2O10/c1-30(2)7-8-31-9-10-32-11-12-33-13-14-34-15-16-35-17-18-36-19-20-37-21-22-38-23-24-39-25-26-40-28-5-3-27(29)4-6-28/h3-6H,7-26,29H2,1-2H3. The van der Waals surface area contributed by atoms with Crippen LogP contribution >= 0.6 is 0 Å². The molecule has 0 spiro atoms. The van der Waals surface area contributed by atoms with E-state index in [2.05, 4.69) is 4.90 Å². The third kappa shape index (κ3) is 26.6. The zero-order chi connectivity index (χ0) is 28.8. The molecule has 0 heterocycles. The van der Waals surface area contributed by atoms with Crippen molar-refractivity contribution < 1.29 is 47.4 Å². The van der Waals surface area contributed by atoms with Crippen LogP contribution in [0.25, 0.3) is 0 Å². The van der Waals surface area contributed by atoms with Gasteiger partial charge in [0.15, 0.2) is 0 Å². The third-order valence-corrected chi connectivity index (χ3v) is 5.04. The lowest BCUT2D eigenvalue weighted by Crippen LogP contribution is -2.19. The zero-order valence-corrected chi connectivity index (χ0v) is 24.6. The molecule has 0 bridgehead atoms. The van der Waals surface area contributed by atoms with E-state index in [0.717, 1.165) is 18.9 Å². The van der Waals surface area contributed by atoms with E-state index in [4.69, 9.17) is 53.1 Å². The van der Waals surface area contributed by atoms with Crippen LogP contribution in [0.3, 0.4) is 0 Å². The second-order valence-electron chi connectivity index (χ2n) is 8.73. The van der Waals surface area contributed by atoms with Crippen LogP contribution in [-0.4, -0.2) is 151 Å². The first-order chi connectivity index (χ1) is 19.7. The van der Waals surface area contributed by atoms with Crippen molar-refractivity contribution in [2.75, 3.05) is 152 Å². The van der Waals surface area contributed by atoms with Crippen LogP contribution in [-0.2, 0) is 42.6 Å². The summed E-state index contributed by atoms with van der Waals surface area (Å²) in [5.74, 6) is 0.775. The van der Waals surface area contributed by atoms with E-state index < -0.39 is 0 Å². The summed E-state index contributed by atoms with van der Waals surface area (Å²) in [7, 11) is 4.04. The summed E-state index contributed by atoms with van der Waals surface area (Å²) in [6.07, 6.45) is 0. The molecule has 0 saturated carbocycles. The van der Waals surface area contributed by atoms with Crippen molar-refractivity contribution in [3.8, 4) is 5.75 Å². The monoisotopic (exact) mass is 576 g/mol. The molecule has 0 aliphatic rings. The molecule has 234 valence electrons. The van der Waals surface area contributed by atoms with Crippen molar-refractivity contribution in [2.24, 2.45) is 0 Å². The summed E-state index contributed by atoms with van der Waals surface area (Å²) in [4.78, 5) is 2.08. The van der Waals surface area contributed by atoms with Gasteiger partial charge >= 0.3 is 0 Å². The van der Waals surface area contributed by atoms with Gasteiger partial charge in [-0.05, 0) is 38.4 Å². The zero-order valence-electron chi connectivity index (χ0n) is 24.6. The minimum Gasteiger partial charge on any atom is -0.491 e. The SMILES string of the molecule is CN(C)CCOCCOCCOCCOCCOCCOCCOCCOCCOCCOc1ccc(N)cc1. The minimum atomic E-state index is 0.480. The maximum absolute atomic E-state index is 5.63. The summed E-state index contributed by atoms with van der Waals surface area (Å²) < 4.78 is 54.7. The second kappa shape index (κ2) is 28.9. The molecule has 0 aliphatic carbocycles. The Hall–Kier alpha value is -1.58. The molecule has 0 aliphatic heterocycles. The highest BCUT2D eigenvalue weighted by molar-refractivity contribution is 5.41. The Morgan fingerprint density at radius 1 is 0.425 bits per heavy atom. The molecule has 1 rings (SSSR count). The molecule has 12 heteroatoms. The van der Waals surface area contributed by atoms with E-state index in [9.17, 15) is 0 Å². The van der Waals surface area contributed by atoms with Crippen molar-refractivity contribution in [1.29, 1.82) is 0 Å². The van der Waals surface area contributed by atoms with Gasteiger partial charge in [0.2, 0.25) is 0 Å². The molecular formula is C28H52N2O10. The molecule has 2 N–H and O–H groups in total. The largest absolute Gasteiger partial charge is 0.491 e. The molecule has 0 saturated heterocycles. The molecular weight excluding hydrogens is 524 g/mol. The lowest BCUT2D eigenvalue weighted by Gasteiger charge is -2.10. The van der Waals surface area contributed by atoms with Crippen LogP contribution < -0.4 is 10.5 Å². The van der Waals surface area contributed by atoms with Crippen molar-refractivity contribution in [1.82, 2.24) is 4.90 Å². The maximum atomic E-state index is 5.63. The molecule has 0 fully saturated rings. The van der Waals surface area contributed by atoms with Crippen molar-refractivity contribution in [3.05, 3.63) is 24.3 Å². The number of rotatable bonds is 31. The molecule has 0 radical (unpaired) electrons. The molecule has 40 heavy (non-hydrogen) atoms. The van der Waals surface area contributed by atoms with Crippen molar-refractivity contribution in [3.63, 3.8) is 0 Å². The fraction of sp³-hybridized carbons (Fsp3) is 0.786. The Bertz CT molecular complexity index is 640. The van der Waals surface area contributed by atoms with Gasteiger partial charge in [-0.1, -0.05) is 0 Å². The van der Waals surface area contributed by atoms with Gasteiger partial charge in [-0.2, -0.15) is 0 Å². The van der Waals surface area contributed by atoms with Gasteiger partial charge in [-0.15, -0.1) is 0 Å². The van der Waals surface area contributed by atoms with E-state index in [1.165, 1.54) is 0 Å². The van der Waals surface area contributed by atoms with Gasteiger partial charge in [0.05, 0.1) is 119 Å². The lowest BCUT2D eigenvalue weighted by atomic mass is 10.3. The molecule has 1 aromatic rings. The predicted molar refractivity (Wildman–Crippen MR) is 152 cm³/mol. The summed E-state index contributed by atoms with van der Waals surface area (Å²) in [5, 5.41) is 0. The molecule has 12 nitrogen and oxygen atoms in total. The Morgan fingerprint density at radius 2 is 0.700 bits per heavy atom. The van der Waals surface area contributed by atoms with Crippen LogP contribution in [0, 0.1) is 0 Å². The smallest absolute Gasteiger partial charge is 0.119 e. The van der Waals surface area contributed by atoms with E-state index >= 15 is 0 Å². The maximum Gasteiger partial charge on any atom is 0.119 e. The number of hydrogen-bond donors (Lipinski definition) is 1. The molecule has 1 aromatic carbocycles. The third-order valence-electron chi connectivity index (χ3n) is 5.04. The van der Waals surface area contributed by atoms with Crippen LogP contribution in [0.1, 0.15) is 0 Å². The van der Waals surface area contributed by atoms with Crippen molar-refractivity contribution >= 4 is 5.69 Å². The molecule has 0 amide bonds. The number of likely N-dealkylation sites (N-methyl/N-ethyl adjacent to an activating group) is 1. The highest BCUT2D eigenvalue weighted by Gasteiger charge is 1.97. The van der Waals surface area contributed by atoms with Crippen LogP contribution in [0.5, 0.6) is 5.75 Å². The Balaban J connectivity index is 1.64. The van der Waals surface area contributed by atoms with Crippen LogP contribution in [0.2, 0.25) is 0 Å². The number of nitrogens with two attached hydrogens (primary N) is 1. The fourth-order valence-electron chi connectivity index (χ4n) is 2.89. The topological polar surface area (TPSA) is 122 Å². The van der Waals surface area contributed by atoms with Gasteiger partial charge in [-0.25, -0.2) is 0 Å². The fourth-order valence-corrected chi connectivity index (χ4v) is 2.89. The summed E-state index contributed by atoms with van der Waals surface area (Å²) in [6, 6.07) is 7.27. The summed E-state index contributed by atoms with van der Waals surface area (Å²) >= 11 is 0. The van der Waals surface area contributed by atoms with Gasteiger partial charge < -0.3 is 58.0 Å².